The number of amides is 1. The minimum Gasteiger partial charge on any atom is -0.372 e. The number of benzene rings is 2. The van der Waals surface area contributed by atoms with Gasteiger partial charge in [0.25, 0.3) is 5.91 Å². The van der Waals surface area contributed by atoms with Crippen LogP contribution >= 0.6 is 0 Å². The molecule has 0 bridgehead atoms. The largest absolute Gasteiger partial charge is 0.372 e. The van der Waals surface area contributed by atoms with Gasteiger partial charge in [0, 0.05) is 24.8 Å². The summed E-state index contributed by atoms with van der Waals surface area (Å²) in [7, 11) is 1.78. The molecule has 4 nitrogen and oxygen atoms in total. The number of carbonyl (C=O) groups excluding carboxylic acids is 1. The van der Waals surface area contributed by atoms with Crippen LogP contribution in [0.25, 0.3) is 0 Å². The third-order valence-corrected chi connectivity index (χ3v) is 3.81. The fraction of sp³-hybridized carbons (Fsp3) is 0.235. The maximum absolute atomic E-state index is 12.6. The summed E-state index contributed by atoms with van der Waals surface area (Å²) < 4.78 is 5.39. The van der Waals surface area contributed by atoms with Gasteiger partial charge < -0.3 is 15.4 Å². The van der Waals surface area contributed by atoms with E-state index >= 15 is 0 Å². The lowest BCUT2D eigenvalue weighted by atomic mass is 10.1. The molecule has 1 aliphatic rings. The topological polar surface area (TPSA) is 55.6 Å². The molecule has 4 heteroatoms. The number of nitrogens with two attached hydrogens (primary N) is 1. The first-order chi connectivity index (χ1) is 10.2. The second kappa shape index (κ2) is 5.68. The summed E-state index contributed by atoms with van der Waals surface area (Å²) in [5.41, 5.74) is 10.5. The molecule has 0 saturated heterocycles. The standard InChI is InChI=1S/C17H18N2O2/c1-19(16-4-2-3-12(7-16)9-18)17(20)13-5-6-14-10-21-11-15(14)8-13/h2-8H,9-11,18H2,1H3. The predicted molar refractivity (Wildman–Crippen MR) is 82.0 cm³/mol. The Hall–Kier alpha value is -2.17. The summed E-state index contributed by atoms with van der Waals surface area (Å²) in [6.07, 6.45) is 0. The third kappa shape index (κ3) is 2.68. The highest BCUT2D eigenvalue weighted by Crippen LogP contribution is 2.23. The molecule has 1 heterocycles. The fourth-order valence-electron chi connectivity index (χ4n) is 2.51. The normalized spacial score (nSPS) is 13.0. The van der Waals surface area contributed by atoms with E-state index in [9.17, 15) is 4.79 Å². The van der Waals surface area contributed by atoms with Crippen LogP contribution in [-0.4, -0.2) is 13.0 Å². The van der Waals surface area contributed by atoms with Gasteiger partial charge in [-0.1, -0.05) is 18.2 Å². The summed E-state index contributed by atoms with van der Waals surface area (Å²) in [6, 6.07) is 13.5. The van der Waals surface area contributed by atoms with Gasteiger partial charge in [0.2, 0.25) is 0 Å². The van der Waals surface area contributed by atoms with Crippen molar-refractivity contribution in [3.8, 4) is 0 Å². The molecule has 0 saturated carbocycles. The minimum atomic E-state index is -0.0288. The highest BCUT2D eigenvalue weighted by atomic mass is 16.5. The maximum Gasteiger partial charge on any atom is 0.258 e. The zero-order chi connectivity index (χ0) is 14.8. The predicted octanol–water partition coefficient (Wildman–Crippen LogP) is 2.45. The van der Waals surface area contributed by atoms with Crippen molar-refractivity contribution in [3.05, 3.63) is 64.7 Å². The number of anilines is 1. The lowest BCUT2D eigenvalue weighted by Crippen LogP contribution is -2.26. The first kappa shape index (κ1) is 13.8. The summed E-state index contributed by atoms with van der Waals surface area (Å²) in [5.74, 6) is -0.0288. The van der Waals surface area contributed by atoms with Gasteiger partial charge in [0.05, 0.1) is 13.2 Å². The molecule has 0 atom stereocenters. The summed E-state index contributed by atoms with van der Waals surface area (Å²) in [5, 5.41) is 0. The van der Waals surface area contributed by atoms with Crippen LogP contribution in [0.5, 0.6) is 0 Å². The van der Waals surface area contributed by atoms with Crippen molar-refractivity contribution in [2.45, 2.75) is 19.8 Å². The van der Waals surface area contributed by atoms with Gasteiger partial charge in [-0.2, -0.15) is 0 Å². The molecule has 2 aromatic rings. The van der Waals surface area contributed by atoms with E-state index in [0.29, 0.717) is 25.3 Å². The van der Waals surface area contributed by atoms with Crippen LogP contribution < -0.4 is 10.6 Å². The van der Waals surface area contributed by atoms with Crippen molar-refractivity contribution < 1.29 is 9.53 Å². The Kier molecular flexibility index (Phi) is 3.73. The molecule has 1 aliphatic heterocycles. The van der Waals surface area contributed by atoms with E-state index in [2.05, 4.69) is 0 Å². The van der Waals surface area contributed by atoms with Crippen LogP contribution in [0.3, 0.4) is 0 Å². The van der Waals surface area contributed by atoms with Gasteiger partial charge in [-0.3, -0.25) is 4.79 Å². The average molecular weight is 282 g/mol. The fourth-order valence-corrected chi connectivity index (χ4v) is 2.51. The Bertz CT molecular complexity index is 682. The molecular weight excluding hydrogens is 264 g/mol. The Morgan fingerprint density at radius 2 is 2.00 bits per heavy atom. The molecule has 21 heavy (non-hydrogen) atoms. The van der Waals surface area contributed by atoms with Crippen LogP contribution in [0.2, 0.25) is 0 Å². The quantitative estimate of drug-likeness (QED) is 0.940. The molecule has 0 spiro atoms. The van der Waals surface area contributed by atoms with Gasteiger partial charge in [-0.25, -0.2) is 0 Å². The Morgan fingerprint density at radius 1 is 1.19 bits per heavy atom. The highest BCUT2D eigenvalue weighted by Gasteiger charge is 2.17. The van der Waals surface area contributed by atoms with E-state index < -0.39 is 0 Å². The number of hydrogen-bond donors (Lipinski definition) is 1. The maximum atomic E-state index is 12.6. The molecule has 0 aromatic heterocycles. The highest BCUT2D eigenvalue weighted by molar-refractivity contribution is 6.05. The monoisotopic (exact) mass is 282 g/mol. The number of ether oxygens (including phenoxy) is 1. The van der Waals surface area contributed by atoms with E-state index in [1.165, 1.54) is 5.56 Å². The Labute approximate surface area is 124 Å². The van der Waals surface area contributed by atoms with E-state index in [4.69, 9.17) is 10.5 Å². The second-order valence-electron chi connectivity index (χ2n) is 5.21. The van der Waals surface area contributed by atoms with Gasteiger partial charge in [-0.05, 0) is 41.0 Å². The summed E-state index contributed by atoms with van der Waals surface area (Å²) in [4.78, 5) is 14.2. The molecule has 0 aliphatic carbocycles. The van der Waals surface area contributed by atoms with Crippen LogP contribution in [0.1, 0.15) is 27.0 Å². The molecule has 1 amide bonds. The van der Waals surface area contributed by atoms with Crippen LogP contribution in [0, 0.1) is 0 Å². The van der Waals surface area contributed by atoms with Crippen molar-refractivity contribution in [3.63, 3.8) is 0 Å². The van der Waals surface area contributed by atoms with Crippen LogP contribution in [0.15, 0.2) is 42.5 Å². The van der Waals surface area contributed by atoms with E-state index in [0.717, 1.165) is 16.8 Å². The Balaban J connectivity index is 1.87. The second-order valence-corrected chi connectivity index (χ2v) is 5.21. The number of nitrogens with zero attached hydrogens (tertiary/aromatic N) is 1. The lowest BCUT2D eigenvalue weighted by molar-refractivity contribution is 0.0993. The van der Waals surface area contributed by atoms with Gasteiger partial charge in [-0.15, -0.1) is 0 Å². The first-order valence-electron chi connectivity index (χ1n) is 6.95. The first-order valence-corrected chi connectivity index (χ1v) is 6.95. The number of rotatable bonds is 3. The van der Waals surface area contributed by atoms with Crippen molar-refractivity contribution in [1.82, 2.24) is 0 Å². The molecular formula is C17H18N2O2. The Morgan fingerprint density at radius 3 is 2.81 bits per heavy atom. The van der Waals surface area contributed by atoms with Crippen molar-refractivity contribution in [2.75, 3.05) is 11.9 Å². The van der Waals surface area contributed by atoms with E-state index in [1.54, 1.807) is 11.9 Å². The third-order valence-electron chi connectivity index (χ3n) is 3.81. The zero-order valence-electron chi connectivity index (χ0n) is 12.0. The number of hydrogen-bond acceptors (Lipinski definition) is 3. The molecule has 0 unspecified atom stereocenters. The molecule has 108 valence electrons. The number of carbonyl (C=O) groups is 1. The minimum absolute atomic E-state index is 0.0288. The molecule has 0 fully saturated rings. The van der Waals surface area contributed by atoms with E-state index in [1.807, 2.05) is 42.5 Å². The van der Waals surface area contributed by atoms with Crippen LogP contribution in [-0.2, 0) is 24.5 Å². The number of fused-ring (bicyclic) bond motifs is 1. The summed E-state index contributed by atoms with van der Waals surface area (Å²) in [6.45, 7) is 1.69. The van der Waals surface area contributed by atoms with Gasteiger partial charge in [0.1, 0.15) is 0 Å². The smallest absolute Gasteiger partial charge is 0.258 e. The van der Waals surface area contributed by atoms with Crippen molar-refractivity contribution in [1.29, 1.82) is 0 Å². The van der Waals surface area contributed by atoms with Crippen molar-refractivity contribution in [2.24, 2.45) is 5.73 Å². The molecule has 2 aromatic carbocycles. The zero-order valence-corrected chi connectivity index (χ0v) is 12.0. The van der Waals surface area contributed by atoms with E-state index in [-0.39, 0.29) is 5.91 Å². The van der Waals surface area contributed by atoms with Crippen molar-refractivity contribution >= 4 is 11.6 Å². The summed E-state index contributed by atoms with van der Waals surface area (Å²) >= 11 is 0. The molecule has 0 radical (unpaired) electrons. The van der Waals surface area contributed by atoms with Gasteiger partial charge >= 0.3 is 0 Å². The van der Waals surface area contributed by atoms with Crippen LogP contribution in [0.4, 0.5) is 5.69 Å². The SMILES string of the molecule is CN(C(=O)c1ccc2c(c1)COC2)c1cccc(CN)c1. The molecule has 2 N–H and O–H groups in total. The molecule has 3 rings (SSSR count). The average Bonchev–Trinajstić information content (AvgIpc) is 3.01. The van der Waals surface area contributed by atoms with Gasteiger partial charge in [0.15, 0.2) is 0 Å². The lowest BCUT2D eigenvalue weighted by Gasteiger charge is -2.18.